The molecule has 31 heavy (non-hydrogen) atoms. The normalized spacial score (nSPS) is 22.4. The number of amides is 1. The molecule has 2 fully saturated rings. The SMILES string of the molecule is C=CCOC1CC1C(c1cc(C)ccc1N1CCN(C(=O)OC(C)(C)C)CC1)C(C)C. The van der Waals surface area contributed by atoms with Crippen LogP contribution < -0.4 is 4.90 Å². The molecule has 1 saturated carbocycles. The van der Waals surface area contributed by atoms with Crippen LogP contribution in [-0.4, -0.2) is 55.5 Å². The first-order chi connectivity index (χ1) is 14.6. The molecule has 3 rings (SSSR count). The molecular formula is C26H40N2O3. The molecule has 0 spiro atoms. The number of anilines is 1. The van der Waals surface area contributed by atoms with Gasteiger partial charge in [0.05, 0.1) is 12.7 Å². The number of hydrogen-bond donors (Lipinski definition) is 0. The summed E-state index contributed by atoms with van der Waals surface area (Å²) in [7, 11) is 0. The number of piperazine rings is 1. The van der Waals surface area contributed by atoms with Gasteiger partial charge in [0.15, 0.2) is 0 Å². The van der Waals surface area contributed by atoms with Crippen molar-refractivity contribution in [2.24, 2.45) is 11.8 Å². The molecule has 0 bridgehead atoms. The molecule has 5 nitrogen and oxygen atoms in total. The van der Waals surface area contributed by atoms with E-state index in [0.29, 0.717) is 43.6 Å². The van der Waals surface area contributed by atoms with Gasteiger partial charge >= 0.3 is 6.09 Å². The lowest BCUT2D eigenvalue weighted by Gasteiger charge is -2.38. The maximum Gasteiger partial charge on any atom is 0.410 e. The number of hydrogen-bond acceptors (Lipinski definition) is 4. The Balaban J connectivity index is 1.74. The van der Waals surface area contributed by atoms with Gasteiger partial charge in [-0.05, 0) is 63.5 Å². The van der Waals surface area contributed by atoms with Crippen LogP contribution in [0.2, 0.25) is 0 Å². The highest BCUT2D eigenvalue weighted by Gasteiger charge is 2.46. The molecule has 3 atom stereocenters. The standard InChI is InChI=1S/C26H40N2O3/c1-8-15-30-23-17-21(23)24(18(2)3)20-16-19(4)9-10-22(20)27-11-13-28(14-12-27)25(29)31-26(5,6)7/h8-10,16,18,21,23-24H,1,11-15,17H2,2-7H3. The van der Waals surface area contributed by atoms with Crippen molar-refractivity contribution < 1.29 is 14.3 Å². The summed E-state index contributed by atoms with van der Waals surface area (Å²) in [5.41, 5.74) is 3.57. The summed E-state index contributed by atoms with van der Waals surface area (Å²) < 4.78 is 11.5. The third kappa shape index (κ3) is 6.03. The summed E-state index contributed by atoms with van der Waals surface area (Å²) in [5, 5.41) is 0. The van der Waals surface area contributed by atoms with Crippen molar-refractivity contribution in [2.45, 2.75) is 65.6 Å². The summed E-state index contributed by atoms with van der Waals surface area (Å²) in [5.74, 6) is 1.56. The maximum absolute atomic E-state index is 12.5. The highest BCUT2D eigenvalue weighted by atomic mass is 16.6. The third-order valence-corrected chi connectivity index (χ3v) is 6.20. The van der Waals surface area contributed by atoms with Gasteiger partial charge in [-0.15, -0.1) is 6.58 Å². The third-order valence-electron chi connectivity index (χ3n) is 6.20. The number of rotatable bonds is 7. The summed E-state index contributed by atoms with van der Waals surface area (Å²) in [4.78, 5) is 16.7. The Bertz CT molecular complexity index is 775. The van der Waals surface area contributed by atoms with Crippen LogP contribution in [0.3, 0.4) is 0 Å². The summed E-state index contributed by atoms with van der Waals surface area (Å²) in [6, 6.07) is 6.84. The van der Waals surface area contributed by atoms with Gasteiger partial charge in [0.2, 0.25) is 0 Å². The summed E-state index contributed by atoms with van der Waals surface area (Å²) in [6.07, 6.45) is 3.08. The van der Waals surface area contributed by atoms with Crippen molar-refractivity contribution in [1.29, 1.82) is 0 Å². The lowest BCUT2D eigenvalue weighted by molar-refractivity contribution is 0.0240. The fraction of sp³-hybridized carbons (Fsp3) is 0.654. The smallest absolute Gasteiger partial charge is 0.410 e. The quantitative estimate of drug-likeness (QED) is 0.547. The molecule has 2 aliphatic rings. The van der Waals surface area contributed by atoms with Gasteiger partial charge in [-0.25, -0.2) is 4.79 Å². The van der Waals surface area contributed by atoms with E-state index in [9.17, 15) is 4.79 Å². The van der Waals surface area contributed by atoms with E-state index >= 15 is 0 Å². The van der Waals surface area contributed by atoms with E-state index < -0.39 is 5.60 Å². The van der Waals surface area contributed by atoms with Crippen LogP contribution in [0.5, 0.6) is 0 Å². The molecule has 0 radical (unpaired) electrons. The lowest BCUT2D eigenvalue weighted by atomic mass is 9.82. The lowest BCUT2D eigenvalue weighted by Crippen LogP contribution is -2.50. The van der Waals surface area contributed by atoms with Crippen LogP contribution in [0.4, 0.5) is 10.5 Å². The van der Waals surface area contributed by atoms with Gasteiger partial charge in [-0.2, -0.15) is 0 Å². The molecule has 3 unspecified atom stereocenters. The van der Waals surface area contributed by atoms with E-state index in [1.165, 1.54) is 16.8 Å². The maximum atomic E-state index is 12.5. The van der Waals surface area contributed by atoms with Crippen LogP contribution in [0.15, 0.2) is 30.9 Å². The number of aryl methyl sites for hydroxylation is 1. The average Bonchev–Trinajstić information content (AvgIpc) is 3.44. The summed E-state index contributed by atoms with van der Waals surface area (Å²) in [6.45, 7) is 20.0. The van der Waals surface area contributed by atoms with Crippen molar-refractivity contribution >= 4 is 11.8 Å². The highest BCUT2D eigenvalue weighted by Crippen LogP contribution is 2.50. The zero-order chi connectivity index (χ0) is 22.8. The molecule has 1 amide bonds. The zero-order valence-corrected chi connectivity index (χ0v) is 20.2. The molecule has 1 aliphatic carbocycles. The van der Waals surface area contributed by atoms with E-state index in [0.717, 1.165) is 19.5 Å². The van der Waals surface area contributed by atoms with Gasteiger partial charge in [0, 0.05) is 31.9 Å². The molecule has 172 valence electrons. The van der Waals surface area contributed by atoms with Gasteiger partial charge < -0.3 is 19.3 Å². The van der Waals surface area contributed by atoms with Crippen LogP contribution >= 0.6 is 0 Å². The fourth-order valence-corrected chi connectivity index (χ4v) is 4.72. The Labute approximate surface area is 188 Å². The van der Waals surface area contributed by atoms with Gasteiger partial charge in [0.1, 0.15) is 5.60 Å². The first kappa shape index (κ1) is 23.6. The number of nitrogens with zero attached hydrogens (tertiary/aromatic N) is 2. The molecule has 0 aromatic heterocycles. The van der Waals surface area contributed by atoms with Gasteiger partial charge in [-0.3, -0.25) is 0 Å². The van der Waals surface area contributed by atoms with E-state index in [-0.39, 0.29) is 6.09 Å². The minimum atomic E-state index is -0.461. The average molecular weight is 429 g/mol. The van der Waals surface area contributed by atoms with Crippen molar-refractivity contribution in [3.8, 4) is 0 Å². The van der Waals surface area contributed by atoms with E-state index in [1.807, 2.05) is 31.7 Å². The minimum Gasteiger partial charge on any atom is -0.444 e. The first-order valence-electron chi connectivity index (χ1n) is 11.7. The van der Waals surface area contributed by atoms with Crippen LogP contribution in [0.1, 0.15) is 58.1 Å². The fourth-order valence-electron chi connectivity index (χ4n) is 4.72. The molecule has 5 heteroatoms. The van der Waals surface area contributed by atoms with Crippen LogP contribution in [-0.2, 0) is 9.47 Å². The Morgan fingerprint density at radius 3 is 2.48 bits per heavy atom. The molecule has 1 aromatic carbocycles. The predicted molar refractivity (Wildman–Crippen MR) is 127 cm³/mol. The molecular weight excluding hydrogens is 388 g/mol. The summed E-state index contributed by atoms with van der Waals surface area (Å²) >= 11 is 0. The second kappa shape index (κ2) is 9.64. The van der Waals surface area contributed by atoms with E-state index in [2.05, 4.69) is 50.4 Å². The second-order valence-corrected chi connectivity index (χ2v) is 10.3. The highest BCUT2D eigenvalue weighted by molar-refractivity contribution is 5.69. The Morgan fingerprint density at radius 2 is 1.90 bits per heavy atom. The zero-order valence-electron chi connectivity index (χ0n) is 20.2. The van der Waals surface area contributed by atoms with E-state index in [4.69, 9.17) is 9.47 Å². The van der Waals surface area contributed by atoms with Gasteiger partial charge in [0.25, 0.3) is 0 Å². The van der Waals surface area contributed by atoms with Crippen molar-refractivity contribution in [1.82, 2.24) is 4.90 Å². The Kier molecular flexibility index (Phi) is 7.35. The van der Waals surface area contributed by atoms with Crippen molar-refractivity contribution in [3.63, 3.8) is 0 Å². The minimum absolute atomic E-state index is 0.212. The largest absolute Gasteiger partial charge is 0.444 e. The molecule has 1 aromatic rings. The first-order valence-corrected chi connectivity index (χ1v) is 11.7. The topological polar surface area (TPSA) is 42.0 Å². The predicted octanol–water partition coefficient (Wildman–Crippen LogP) is 5.38. The molecule has 1 heterocycles. The monoisotopic (exact) mass is 428 g/mol. The second-order valence-electron chi connectivity index (χ2n) is 10.3. The number of benzene rings is 1. The number of ether oxygens (including phenoxy) is 2. The number of carbonyl (C=O) groups is 1. The van der Waals surface area contributed by atoms with Crippen LogP contribution in [0.25, 0.3) is 0 Å². The van der Waals surface area contributed by atoms with Gasteiger partial charge in [-0.1, -0.05) is 37.6 Å². The van der Waals surface area contributed by atoms with Crippen LogP contribution in [0, 0.1) is 18.8 Å². The Hall–Kier alpha value is -2.01. The molecule has 0 N–H and O–H groups in total. The molecule has 1 saturated heterocycles. The molecule has 1 aliphatic heterocycles. The van der Waals surface area contributed by atoms with Crippen molar-refractivity contribution in [2.75, 3.05) is 37.7 Å². The van der Waals surface area contributed by atoms with Crippen molar-refractivity contribution in [3.05, 3.63) is 42.0 Å². The Morgan fingerprint density at radius 1 is 1.23 bits per heavy atom. The van der Waals surface area contributed by atoms with E-state index in [1.54, 1.807) is 0 Å². The number of carbonyl (C=O) groups excluding carboxylic acids is 1.